The number of esters is 1. The lowest BCUT2D eigenvalue weighted by Crippen LogP contribution is -2.21. The van der Waals surface area contributed by atoms with Crippen molar-refractivity contribution in [2.45, 2.75) is 24.3 Å². The highest BCUT2D eigenvalue weighted by atomic mass is 79.9. The highest BCUT2D eigenvalue weighted by Gasteiger charge is 2.33. The molecule has 0 amide bonds. The second kappa shape index (κ2) is 6.22. The first-order valence-corrected chi connectivity index (χ1v) is 6.23. The average Bonchev–Trinajstić information content (AvgIpc) is 2.28. The van der Waals surface area contributed by atoms with E-state index in [0.29, 0.717) is 0 Å². The Morgan fingerprint density at radius 1 is 1.39 bits per heavy atom. The van der Waals surface area contributed by atoms with Gasteiger partial charge in [0.15, 0.2) is 0 Å². The van der Waals surface area contributed by atoms with Gasteiger partial charge in [-0.25, -0.2) is 0 Å². The molecule has 18 heavy (non-hydrogen) atoms. The summed E-state index contributed by atoms with van der Waals surface area (Å²) in [6.45, 7) is 1.84. The predicted octanol–water partition coefficient (Wildman–Crippen LogP) is 3.57. The summed E-state index contributed by atoms with van der Waals surface area (Å²) in [6, 6.07) is 5.19. The molecule has 0 aromatic heterocycles. The molecule has 6 heteroatoms. The number of ether oxygens (including phenoxy) is 1. The van der Waals surface area contributed by atoms with Gasteiger partial charge in [-0.05, 0) is 25.0 Å². The first-order chi connectivity index (χ1) is 8.36. The highest BCUT2D eigenvalue weighted by molar-refractivity contribution is 9.10. The minimum Gasteiger partial charge on any atom is -0.465 e. The second-order valence-corrected chi connectivity index (χ2v) is 4.68. The fourth-order valence-corrected chi connectivity index (χ4v) is 1.96. The van der Waals surface area contributed by atoms with E-state index in [1.54, 1.807) is 6.92 Å². The summed E-state index contributed by atoms with van der Waals surface area (Å²) >= 11 is 3.04. The maximum Gasteiger partial charge on any atom is 0.416 e. The quantitative estimate of drug-likeness (QED) is 0.625. The number of hydrogen-bond acceptors (Lipinski definition) is 2. The Bertz CT molecular complexity index is 418. The van der Waals surface area contributed by atoms with Gasteiger partial charge in [-0.1, -0.05) is 34.1 Å². The van der Waals surface area contributed by atoms with Crippen molar-refractivity contribution in [3.05, 3.63) is 35.4 Å². The molecular formula is C12H12BrF3O2. The van der Waals surface area contributed by atoms with Gasteiger partial charge in [0, 0.05) is 0 Å². The third-order valence-electron chi connectivity index (χ3n) is 2.26. The summed E-state index contributed by atoms with van der Waals surface area (Å²) in [5.74, 6) is -0.561. The van der Waals surface area contributed by atoms with Gasteiger partial charge in [0.1, 0.15) is 4.83 Å². The van der Waals surface area contributed by atoms with E-state index in [4.69, 9.17) is 4.74 Å². The smallest absolute Gasteiger partial charge is 0.416 e. The Morgan fingerprint density at radius 2 is 2.00 bits per heavy atom. The zero-order chi connectivity index (χ0) is 13.8. The summed E-state index contributed by atoms with van der Waals surface area (Å²) in [7, 11) is 0. The molecule has 2 nitrogen and oxygen atoms in total. The molecule has 1 rings (SSSR count). The Labute approximate surface area is 111 Å². The first-order valence-electron chi connectivity index (χ1n) is 5.32. The van der Waals surface area contributed by atoms with Crippen molar-refractivity contribution >= 4 is 21.9 Å². The number of alkyl halides is 4. The SMILES string of the molecule is CCOC(=O)C(Br)Cc1ccccc1C(F)(F)F. The molecule has 0 saturated carbocycles. The first kappa shape index (κ1) is 15.0. The van der Waals surface area contributed by atoms with Crippen LogP contribution >= 0.6 is 15.9 Å². The number of hydrogen-bond donors (Lipinski definition) is 0. The Hall–Kier alpha value is -1.04. The fourth-order valence-electron chi connectivity index (χ4n) is 1.48. The molecule has 0 aliphatic carbocycles. The molecule has 100 valence electrons. The molecule has 0 bridgehead atoms. The molecule has 0 heterocycles. The van der Waals surface area contributed by atoms with Gasteiger partial charge in [-0.15, -0.1) is 0 Å². The van der Waals surface area contributed by atoms with Crippen LogP contribution in [0.1, 0.15) is 18.1 Å². The molecule has 0 saturated heterocycles. The molecule has 1 aromatic rings. The summed E-state index contributed by atoms with van der Waals surface area (Å²) < 4.78 is 42.9. The zero-order valence-corrected chi connectivity index (χ0v) is 11.2. The van der Waals surface area contributed by atoms with Crippen molar-refractivity contribution in [3.63, 3.8) is 0 Å². The number of rotatable bonds is 4. The van der Waals surface area contributed by atoms with Crippen LogP contribution in [0.4, 0.5) is 13.2 Å². The minimum absolute atomic E-state index is 0.0610. The summed E-state index contributed by atoms with van der Waals surface area (Å²) in [4.78, 5) is 10.6. The predicted molar refractivity (Wildman–Crippen MR) is 64.5 cm³/mol. The van der Waals surface area contributed by atoms with Crippen molar-refractivity contribution in [2.24, 2.45) is 0 Å². The monoisotopic (exact) mass is 324 g/mol. The molecule has 0 N–H and O–H groups in total. The molecular weight excluding hydrogens is 313 g/mol. The van der Waals surface area contributed by atoms with Gasteiger partial charge in [0.2, 0.25) is 0 Å². The average molecular weight is 325 g/mol. The standard InChI is InChI=1S/C12H12BrF3O2/c1-2-18-11(17)10(13)7-8-5-3-4-6-9(8)12(14,15)16/h3-6,10H,2,7H2,1H3. The normalized spacial score (nSPS) is 13.2. The fraction of sp³-hybridized carbons (Fsp3) is 0.417. The minimum atomic E-state index is -4.42. The van der Waals surface area contributed by atoms with E-state index in [9.17, 15) is 18.0 Å². The third-order valence-corrected chi connectivity index (χ3v) is 2.96. The van der Waals surface area contributed by atoms with Crippen LogP contribution in [0.2, 0.25) is 0 Å². The summed E-state index contributed by atoms with van der Waals surface area (Å²) in [6.07, 6.45) is -4.48. The Morgan fingerprint density at radius 3 is 2.56 bits per heavy atom. The molecule has 1 aromatic carbocycles. The lowest BCUT2D eigenvalue weighted by molar-refractivity contribution is -0.143. The van der Waals surface area contributed by atoms with Gasteiger partial charge < -0.3 is 4.74 Å². The Balaban J connectivity index is 2.88. The van der Waals surface area contributed by atoms with Crippen LogP contribution in [0, 0.1) is 0 Å². The maximum absolute atomic E-state index is 12.7. The molecule has 1 unspecified atom stereocenters. The Kier molecular flexibility index (Phi) is 5.19. The van der Waals surface area contributed by atoms with Crippen LogP contribution in [0.3, 0.4) is 0 Å². The van der Waals surface area contributed by atoms with Gasteiger partial charge in [-0.3, -0.25) is 4.79 Å². The van der Waals surface area contributed by atoms with Crippen LogP contribution in [-0.4, -0.2) is 17.4 Å². The van der Waals surface area contributed by atoms with Crippen LogP contribution in [0.15, 0.2) is 24.3 Å². The maximum atomic E-state index is 12.7. The summed E-state index contributed by atoms with van der Waals surface area (Å²) in [5, 5.41) is 0. The molecule has 0 radical (unpaired) electrons. The largest absolute Gasteiger partial charge is 0.465 e. The van der Waals surface area contributed by atoms with E-state index in [2.05, 4.69) is 15.9 Å². The van der Waals surface area contributed by atoms with Crippen LogP contribution in [0.5, 0.6) is 0 Å². The lowest BCUT2D eigenvalue weighted by Gasteiger charge is -2.14. The van der Waals surface area contributed by atoms with Gasteiger partial charge >= 0.3 is 12.1 Å². The highest BCUT2D eigenvalue weighted by Crippen LogP contribution is 2.32. The van der Waals surface area contributed by atoms with E-state index in [1.165, 1.54) is 18.2 Å². The van der Waals surface area contributed by atoms with Crippen molar-refractivity contribution in [1.82, 2.24) is 0 Å². The molecule has 0 aliphatic rings. The van der Waals surface area contributed by atoms with Gasteiger partial charge in [0.25, 0.3) is 0 Å². The van der Waals surface area contributed by atoms with Crippen molar-refractivity contribution in [3.8, 4) is 0 Å². The van der Waals surface area contributed by atoms with E-state index in [-0.39, 0.29) is 18.6 Å². The number of halogens is 4. The lowest BCUT2D eigenvalue weighted by atomic mass is 10.0. The zero-order valence-electron chi connectivity index (χ0n) is 9.63. The topological polar surface area (TPSA) is 26.3 Å². The van der Waals surface area contributed by atoms with E-state index >= 15 is 0 Å². The molecule has 0 fully saturated rings. The molecule has 0 aliphatic heterocycles. The van der Waals surface area contributed by atoms with E-state index in [0.717, 1.165) is 6.07 Å². The molecule has 1 atom stereocenters. The van der Waals surface area contributed by atoms with E-state index in [1.807, 2.05) is 0 Å². The van der Waals surface area contributed by atoms with Crippen molar-refractivity contribution in [1.29, 1.82) is 0 Å². The number of carbonyl (C=O) groups excluding carboxylic acids is 1. The van der Waals surface area contributed by atoms with Crippen molar-refractivity contribution < 1.29 is 22.7 Å². The van der Waals surface area contributed by atoms with Crippen LogP contribution < -0.4 is 0 Å². The number of carbonyl (C=O) groups is 1. The summed E-state index contributed by atoms with van der Waals surface area (Å²) in [5.41, 5.74) is -0.654. The van der Waals surface area contributed by atoms with Gasteiger partial charge in [-0.2, -0.15) is 13.2 Å². The van der Waals surface area contributed by atoms with Crippen LogP contribution in [-0.2, 0) is 22.1 Å². The number of benzene rings is 1. The van der Waals surface area contributed by atoms with Crippen LogP contribution in [0.25, 0.3) is 0 Å². The van der Waals surface area contributed by atoms with Crippen molar-refractivity contribution in [2.75, 3.05) is 6.61 Å². The van der Waals surface area contributed by atoms with Gasteiger partial charge in [0.05, 0.1) is 12.2 Å². The molecule has 0 spiro atoms. The third kappa shape index (κ3) is 4.01. The second-order valence-electron chi connectivity index (χ2n) is 3.58. The van der Waals surface area contributed by atoms with E-state index < -0.39 is 22.5 Å².